The van der Waals surface area contributed by atoms with Crippen molar-refractivity contribution in [2.45, 2.75) is 63.5 Å². The average molecular weight is 266 g/mol. The lowest BCUT2D eigenvalue weighted by Crippen LogP contribution is -2.47. The van der Waals surface area contributed by atoms with Gasteiger partial charge in [-0.2, -0.15) is 0 Å². The fraction of sp³-hybridized carbons (Fsp3) is 0.875. The van der Waals surface area contributed by atoms with E-state index in [1.54, 1.807) is 0 Å². The zero-order chi connectivity index (χ0) is 13.8. The Hall–Kier alpha value is -0.540. The molecule has 2 saturated carbocycles. The quantitative estimate of drug-likeness (QED) is 0.726. The molecule has 2 fully saturated rings. The summed E-state index contributed by atoms with van der Waals surface area (Å²) in [4.78, 5) is 2.47. The SMILES string of the molecule is C=C(O)CC1CCC([C@H](N)CN(C)C2CCC2)CC1. The minimum Gasteiger partial charge on any atom is -0.513 e. The second-order valence-electron chi connectivity index (χ2n) is 6.74. The molecule has 0 heterocycles. The number of allylic oxidation sites excluding steroid dienone is 1. The molecule has 3 nitrogen and oxygen atoms in total. The van der Waals surface area contributed by atoms with Gasteiger partial charge < -0.3 is 15.7 Å². The third-order valence-corrected chi connectivity index (χ3v) is 5.22. The van der Waals surface area contributed by atoms with E-state index in [-0.39, 0.29) is 0 Å². The van der Waals surface area contributed by atoms with Crippen molar-refractivity contribution >= 4 is 0 Å². The molecule has 0 amide bonds. The molecule has 0 unspecified atom stereocenters. The highest BCUT2D eigenvalue weighted by Crippen LogP contribution is 2.34. The largest absolute Gasteiger partial charge is 0.513 e. The van der Waals surface area contributed by atoms with E-state index in [9.17, 15) is 5.11 Å². The molecular formula is C16H30N2O. The maximum Gasteiger partial charge on any atom is 0.0853 e. The highest BCUT2D eigenvalue weighted by molar-refractivity contribution is 4.88. The second-order valence-corrected chi connectivity index (χ2v) is 6.74. The number of nitrogens with two attached hydrogens (primary N) is 1. The zero-order valence-electron chi connectivity index (χ0n) is 12.4. The summed E-state index contributed by atoms with van der Waals surface area (Å²) in [5.74, 6) is 1.65. The number of rotatable bonds is 6. The molecule has 0 aromatic heterocycles. The lowest BCUT2D eigenvalue weighted by Gasteiger charge is -2.39. The summed E-state index contributed by atoms with van der Waals surface area (Å²) in [6.45, 7) is 4.65. The summed E-state index contributed by atoms with van der Waals surface area (Å²) in [5, 5.41) is 9.27. The predicted molar refractivity (Wildman–Crippen MR) is 80.1 cm³/mol. The Balaban J connectivity index is 1.69. The molecule has 110 valence electrons. The molecule has 1 atom stereocenters. The fourth-order valence-electron chi connectivity index (χ4n) is 3.61. The minimum absolute atomic E-state index is 0.323. The Morgan fingerprint density at radius 3 is 2.37 bits per heavy atom. The monoisotopic (exact) mass is 266 g/mol. The Kier molecular flexibility index (Phi) is 5.28. The summed E-state index contributed by atoms with van der Waals surface area (Å²) >= 11 is 0. The van der Waals surface area contributed by atoms with Crippen molar-refractivity contribution in [3.63, 3.8) is 0 Å². The molecule has 3 heteroatoms. The van der Waals surface area contributed by atoms with Gasteiger partial charge in [-0.25, -0.2) is 0 Å². The van der Waals surface area contributed by atoms with Crippen LogP contribution >= 0.6 is 0 Å². The molecule has 0 radical (unpaired) electrons. The fourth-order valence-corrected chi connectivity index (χ4v) is 3.61. The first-order valence-corrected chi connectivity index (χ1v) is 7.89. The Bertz CT molecular complexity index is 293. The maximum absolute atomic E-state index is 9.27. The van der Waals surface area contributed by atoms with Crippen molar-refractivity contribution in [3.05, 3.63) is 12.3 Å². The van der Waals surface area contributed by atoms with Crippen molar-refractivity contribution in [1.82, 2.24) is 4.90 Å². The van der Waals surface area contributed by atoms with Crippen molar-refractivity contribution in [3.8, 4) is 0 Å². The van der Waals surface area contributed by atoms with Crippen molar-refractivity contribution in [2.24, 2.45) is 17.6 Å². The van der Waals surface area contributed by atoms with Gasteiger partial charge in [0.2, 0.25) is 0 Å². The van der Waals surface area contributed by atoms with Gasteiger partial charge in [0, 0.05) is 25.0 Å². The molecule has 2 aliphatic rings. The number of nitrogens with zero attached hydrogens (tertiary/aromatic N) is 1. The van der Waals surface area contributed by atoms with Crippen LogP contribution in [0.3, 0.4) is 0 Å². The molecule has 2 rings (SSSR count). The van der Waals surface area contributed by atoms with E-state index in [2.05, 4.69) is 18.5 Å². The first-order valence-electron chi connectivity index (χ1n) is 7.89. The van der Waals surface area contributed by atoms with Crippen LogP contribution in [0, 0.1) is 11.8 Å². The molecule has 3 N–H and O–H groups in total. The van der Waals surface area contributed by atoms with Gasteiger partial charge in [0.15, 0.2) is 0 Å². The van der Waals surface area contributed by atoms with E-state index in [0.717, 1.165) is 19.0 Å². The number of aliphatic hydroxyl groups excluding tert-OH is 1. The van der Waals surface area contributed by atoms with Crippen LogP contribution in [0.15, 0.2) is 12.3 Å². The first kappa shape index (κ1) is 14.9. The number of hydrogen-bond donors (Lipinski definition) is 2. The molecule has 19 heavy (non-hydrogen) atoms. The molecule has 0 bridgehead atoms. The molecule has 0 aromatic rings. The summed E-state index contributed by atoms with van der Waals surface area (Å²) in [5.41, 5.74) is 6.40. The molecular weight excluding hydrogens is 236 g/mol. The van der Waals surface area contributed by atoms with E-state index < -0.39 is 0 Å². The molecule has 2 aliphatic carbocycles. The second kappa shape index (κ2) is 6.76. The lowest BCUT2D eigenvalue weighted by atomic mass is 9.77. The van der Waals surface area contributed by atoms with Gasteiger partial charge in [-0.1, -0.05) is 13.0 Å². The van der Waals surface area contributed by atoms with Crippen molar-refractivity contribution in [1.29, 1.82) is 0 Å². The van der Waals surface area contributed by atoms with Gasteiger partial charge in [-0.15, -0.1) is 0 Å². The van der Waals surface area contributed by atoms with Gasteiger partial charge >= 0.3 is 0 Å². The topological polar surface area (TPSA) is 49.5 Å². The normalized spacial score (nSPS) is 30.1. The van der Waals surface area contributed by atoms with Crippen LogP contribution < -0.4 is 5.73 Å². The van der Waals surface area contributed by atoms with Gasteiger partial charge in [0.25, 0.3) is 0 Å². The maximum atomic E-state index is 9.27. The summed E-state index contributed by atoms with van der Waals surface area (Å²) < 4.78 is 0. The minimum atomic E-state index is 0.323. The van der Waals surface area contributed by atoms with Crippen LogP contribution in [-0.4, -0.2) is 35.7 Å². The number of likely N-dealkylation sites (N-methyl/N-ethyl adjacent to an activating group) is 1. The van der Waals surface area contributed by atoms with Gasteiger partial charge in [-0.3, -0.25) is 0 Å². The van der Waals surface area contributed by atoms with E-state index in [0.29, 0.717) is 23.6 Å². The summed E-state index contributed by atoms with van der Waals surface area (Å²) in [6.07, 6.45) is 9.72. The molecule has 0 aliphatic heterocycles. The molecule has 0 saturated heterocycles. The summed E-state index contributed by atoms with van der Waals surface area (Å²) in [7, 11) is 2.23. The third-order valence-electron chi connectivity index (χ3n) is 5.22. The van der Waals surface area contributed by atoms with Crippen LogP contribution in [-0.2, 0) is 0 Å². The first-order chi connectivity index (χ1) is 9.06. The lowest BCUT2D eigenvalue weighted by molar-refractivity contribution is 0.127. The Morgan fingerprint density at radius 1 is 1.26 bits per heavy atom. The van der Waals surface area contributed by atoms with Crippen LogP contribution in [0.4, 0.5) is 0 Å². The average Bonchev–Trinajstić information content (AvgIpc) is 2.26. The highest BCUT2D eigenvalue weighted by Gasteiger charge is 2.29. The van der Waals surface area contributed by atoms with Gasteiger partial charge in [-0.05, 0) is 57.4 Å². The van der Waals surface area contributed by atoms with Crippen LogP contribution in [0.5, 0.6) is 0 Å². The highest BCUT2D eigenvalue weighted by atomic mass is 16.3. The van der Waals surface area contributed by atoms with Crippen LogP contribution in [0.2, 0.25) is 0 Å². The predicted octanol–water partition coefficient (Wildman–Crippen LogP) is 3.07. The molecule has 0 aromatic carbocycles. The van der Waals surface area contributed by atoms with Crippen molar-refractivity contribution < 1.29 is 5.11 Å². The standard InChI is InChI=1S/C16H30N2O/c1-12(19)10-13-6-8-14(9-7-13)16(17)11-18(2)15-4-3-5-15/h13-16,19H,1,3-11,17H2,2H3/t13?,14?,16-/m1/s1. The smallest absolute Gasteiger partial charge is 0.0853 e. The van der Waals surface area contributed by atoms with E-state index >= 15 is 0 Å². The van der Waals surface area contributed by atoms with Gasteiger partial charge in [0.1, 0.15) is 0 Å². The summed E-state index contributed by atoms with van der Waals surface area (Å²) in [6, 6.07) is 1.11. The Labute approximate surface area is 117 Å². The third kappa shape index (κ3) is 4.22. The van der Waals surface area contributed by atoms with Crippen LogP contribution in [0.25, 0.3) is 0 Å². The van der Waals surface area contributed by atoms with E-state index in [1.807, 2.05) is 0 Å². The number of aliphatic hydroxyl groups is 1. The van der Waals surface area contributed by atoms with Crippen LogP contribution in [0.1, 0.15) is 51.4 Å². The number of hydrogen-bond acceptors (Lipinski definition) is 3. The van der Waals surface area contributed by atoms with Crippen molar-refractivity contribution in [2.75, 3.05) is 13.6 Å². The van der Waals surface area contributed by atoms with E-state index in [1.165, 1.54) is 44.9 Å². The molecule has 0 spiro atoms. The zero-order valence-corrected chi connectivity index (χ0v) is 12.4. The van der Waals surface area contributed by atoms with Gasteiger partial charge in [0.05, 0.1) is 5.76 Å². The van der Waals surface area contributed by atoms with E-state index in [4.69, 9.17) is 5.73 Å². The Morgan fingerprint density at radius 2 is 1.89 bits per heavy atom.